The minimum Gasteiger partial charge on any atom is -0.336 e. The second-order valence-electron chi connectivity index (χ2n) is 3.64. The number of thiazole rings is 1. The van der Waals surface area contributed by atoms with Crippen LogP contribution >= 0.6 is 11.3 Å². The molecule has 0 radical (unpaired) electrons. The van der Waals surface area contributed by atoms with Gasteiger partial charge in [0, 0.05) is 16.6 Å². The first-order valence-corrected chi connectivity index (χ1v) is 5.95. The van der Waals surface area contributed by atoms with E-state index in [-0.39, 0.29) is 0 Å². The van der Waals surface area contributed by atoms with Crippen molar-refractivity contribution < 1.29 is 0 Å². The highest BCUT2D eigenvalue weighted by Gasteiger charge is 2.04. The maximum atomic E-state index is 8.84. The molecule has 0 aliphatic carbocycles. The maximum Gasteiger partial charge on any atom is 0.187 e. The van der Waals surface area contributed by atoms with Gasteiger partial charge in [0.2, 0.25) is 0 Å². The number of nitriles is 1. The maximum absolute atomic E-state index is 8.84. The summed E-state index contributed by atoms with van der Waals surface area (Å²) in [6, 6.07) is 9.54. The van der Waals surface area contributed by atoms with E-state index in [2.05, 4.69) is 22.9 Å². The van der Waals surface area contributed by atoms with Crippen LogP contribution in [-0.4, -0.2) is 4.98 Å². The van der Waals surface area contributed by atoms with Crippen LogP contribution in [0, 0.1) is 11.3 Å². The summed E-state index contributed by atoms with van der Waals surface area (Å²) in [7, 11) is 0. The molecule has 2 rings (SSSR count). The molecule has 0 aliphatic heterocycles. The Morgan fingerprint density at radius 3 is 3.06 bits per heavy atom. The molecule has 1 aromatic carbocycles. The Morgan fingerprint density at radius 1 is 1.53 bits per heavy atom. The van der Waals surface area contributed by atoms with Gasteiger partial charge >= 0.3 is 0 Å². The van der Waals surface area contributed by atoms with E-state index in [9.17, 15) is 0 Å². The number of nitrogens with zero attached hydrogens (tertiary/aromatic N) is 2. The van der Waals surface area contributed by atoms with Gasteiger partial charge in [-0.2, -0.15) is 5.26 Å². The third kappa shape index (κ3) is 2.71. The van der Waals surface area contributed by atoms with Gasteiger partial charge < -0.3 is 5.32 Å². The van der Waals surface area contributed by atoms with Crippen LogP contribution in [-0.2, 0) is 0 Å². The second kappa shape index (κ2) is 4.81. The Labute approximate surface area is 104 Å². The van der Waals surface area contributed by atoms with E-state index < -0.39 is 0 Å². The number of hydrogen-bond donors (Lipinski definition) is 1. The van der Waals surface area contributed by atoms with Gasteiger partial charge in [-0.1, -0.05) is 18.7 Å². The highest BCUT2D eigenvalue weighted by atomic mass is 32.1. The van der Waals surface area contributed by atoms with Gasteiger partial charge in [-0.3, -0.25) is 0 Å². The largest absolute Gasteiger partial charge is 0.336 e. The van der Waals surface area contributed by atoms with Crippen molar-refractivity contribution in [1.29, 1.82) is 5.26 Å². The van der Waals surface area contributed by atoms with Gasteiger partial charge in [-0.15, -0.1) is 11.3 Å². The number of allylic oxidation sites excluding steroid dienone is 1. The summed E-state index contributed by atoms with van der Waals surface area (Å²) in [6.45, 7) is 5.66. The molecule has 3 nitrogen and oxygen atoms in total. The first-order valence-electron chi connectivity index (χ1n) is 5.07. The fourth-order valence-electron chi connectivity index (χ4n) is 1.39. The topological polar surface area (TPSA) is 48.7 Å². The zero-order chi connectivity index (χ0) is 12.3. The van der Waals surface area contributed by atoms with Crippen LogP contribution in [0.1, 0.15) is 12.5 Å². The van der Waals surface area contributed by atoms with Crippen LogP contribution in [0.25, 0.3) is 11.3 Å². The molecule has 17 heavy (non-hydrogen) atoms. The van der Waals surface area contributed by atoms with Crippen molar-refractivity contribution in [2.45, 2.75) is 6.92 Å². The minimum atomic E-state index is 0.643. The molecule has 0 bridgehead atoms. The van der Waals surface area contributed by atoms with E-state index in [0.717, 1.165) is 22.1 Å². The van der Waals surface area contributed by atoms with E-state index in [4.69, 9.17) is 5.26 Å². The lowest BCUT2D eigenvalue weighted by molar-refractivity contribution is 1.32. The number of aromatic nitrogens is 1. The first kappa shape index (κ1) is 11.4. The summed E-state index contributed by atoms with van der Waals surface area (Å²) in [5.41, 5.74) is 3.33. The minimum absolute atomic E-state index is 0.643. The lowest BCUT2D eigenvalue weighted by Crippen LogP contribution is -1.92. The standard InChI is InChI=1S/C13H11N3S/c1-9(2)15-13-16-12(8-17-13)11-5-3-4-10(6-11)7-14/h3-6,8H,1H2,2H3,(H,15,16). The summed E-state index contributed by atoms with van der Waals surface area (Å²) in [4.78, 5) is 4.43. The zero-order valence-corrected chi connectivity index (χ0v) is 10.2. The monoisotopic (exact) mass is 241 g/mol. The quantitative estimate of drug-likeness (QED) is 0.892. The van der Waals surface area contributed by atoms with E-state index in [0.29, 0.717) is 5.56 Å². The summed E-state index contributed by atoms with van der Waals surface area (Å²) >= 11 is 1.52. The first-order chi connectivity index (χ1) is 8.19. The SMILES string of the molecule is C=C(C)Nc1nc(-c2cccc(C#N)c2)cs1. The Bertz CT molecular complexity index is 593. The molecule has 0 saturated heterocycles. The lowest BCUT2D eigenvalue weighted by Gasteiger charge is -1.99. The number of benzene rings is 1. The van der Waals surface area contributed by atoms with Crippen LogP contribution in [0.2, 0.25) is 0 Å². The van der Waals surface area contributed by atoms with Gasteiger partial charge in [-0.05, 0) is 19.1 Å². The molecule has 0 amide bonds. The fraction of sp³-hybridized carbons (Fsp3) is 0.0769. The van der Waals surface area contributed by atoms with Gasteiger partial charge in [0.05, 0.1) is 17.3 Å². The van der Waals surface area contributed by atoms with E-state index in [1.165, 1.54) is 11.3 Å². The Hall–Kier alpha value is -2.12. The third-order valence-electron chi connectivity index (χ3n) is 2.11. The predicted molar refractivity (Wildman–Crippen MR) is 70.7 cm³/mol. The van der Waals surface area contributed by atoms with Crippen LogP contribution in [0.3, 0.4) is 0 Å². The van der Waals surface area contributed by atoms with E-state index in [1.807, 2.05) is 30.5 Å². The molecule has 1 aromatic heterocycles. The second-order valence-corrected chi connectivity index (χ2v) is 4.49. The molecule has 0 saturated carbocycles. The van der Waals surface area contributed by atoms with Crippen molar-refractivity contribution in [3.8, 4) is 17.3 Å². The molecular formula is C13H11N3S. The van der Waals surface area contributed by atoms with Crippen molar-refractivity contribution in [3.05, 3.63) is 47.5 Å². The molecule has 0 fully saturated rings. The van der Waals surface area contributed by atoms with Crippen LogP contribution in [0.4, 0.5) is 5.13 Å². The number of nitrogens with one attached hydrogen (secondary N) is 1. The van der Waals surface area contributed by atoms with Gasteiger partial charge in [0.15, 0.2) is 5.13 Å². The van der Waals surface area contributed by atoms with Crippen LogP contribution in [0.5, 0.6) is 0 Å². The fourth-order valence-corrected chi connectivity index (χ4v) is 2.19. The summed E-state index contributed by atoms with van der Waals surface area (Å²) < 4.78 is 0. The average Bonchev–Trinajstić information content (AvgIpc) is 2.77. The average molecular weight is 241 g/mol. The van der Waals surface area contributed by atoms with Crippen molar-refractivity contribution >= 4 is 16.5 Å². The van der Waals surface area contributed by atoms with Gasteiger partial charge in [0.25, 0.3) is 0 Å². The highest BCUT2D eigenvalue weighted by Crippen LogP contribution is 2.25. The van der Waals surface area contributed by atoms with Gasteiger partial charge in [0.1, 0.15) is 0 Å². The molecule has 4 heteroatoms. The molecule has 1 N–H and O–H groups in total. The normalized spacial score (nSPS) is 9.65. The van der Waals surface area contributed by atoms with Gasteiger partial charge in [-0.25, -0.2) is 4.98 Å². The summed E-state index contributed by atoms with van der Waals surface area (Å²) in [5.74, 6) is 0. The molecular weight excluding hydrogens is 230 g/mol. The molecule has 0 aliphatic rings. The number of hydrogen-bond acceptors (Lipinski definition) is 4. The highest BCUT2D eigenvalue weighted by molar-refractivity contribution is 7.14. The third-order valence-corrected chi connectivity index (χ3v) is 2.87. The van der Waals surface area contributed by atoms with Crippen molar-refractivity contribution in [2.24, 2.45) is 0 Å². The Balaban J connectivity index is 2.30. The lowest BCUT2D eigenvalue weighted by atomic mass is 10.1. The van der Waals surface area contributed by atoms with E-state index in [1.54, 1.807) is 6.07 Å². The molecule has 84 valence electrons. The predicted octanol–water partition coefficient (Wildman–Crippen LogP) is 3.63. The van der Waals surface area contributed by atoms with Crippen molar-refractivity contribution in [1.82, 2.24) is 4.98 Å². The summed E-state index contributed by atoms with van der Waals surface area (Å²) in [5, 5.41) is 14.7. The summed E-state index contributed by atoms with van der Waals surface area (Å²) in [6.07, 6.45) is 0. The Morgan fingerprint density at radius 2 is 2.35 bits per heavy atom. The smallest absolute Gasteiger partial charge is 0.187 e. The van der Waals surface area contributed by atoms with Crippen LogP contribution < -0.4 is 5.32 Å². The molecule has 0 atom stereocenters. The number of anilines is 1. The molecule has 1 heterocycles. The number of rotatable bonds is 3. The van der Waals surface area contributed by atoms with Crippen molar-refractivity contribution in [3.63, 3.8) is 0 Å². The zero-order valence-electron chi connectivity index (χ0n) is 9.40. The molecule has 0 spiro atoms. The molecule has 0 unspecified atom stereocenters. The van der Waals surface area contributed by atoms with Crippen LogP contribution in [0.15, 0.2) is 41.9 Å². The molecule has 2 aromatic rings. The van der Waals surface area contributed by atoms with Crippen molar-refractivity contribution in [2.75, 3.05) is 5.32 Å². The Kier molecular flexibility index (Phi) is 3.22. The van der Waals surface area contributed by atoms with E-state index >= 15 is 0 Å².